The summed E-state index contributed by atoms with van der Waals surface area (Å²) in [5, 5.41) is 5.30. The molecule has 1 spiro atoms. The van der Waals surface area contributed by atoms with Crippen LogP contribution in [0.5, 0.6) is 5.75 Å². The zero-order valence-electron chi connectivity index (χ0n) is 11.0. The smallest absolute Gasteiger partial charge is 0.322 e. The van der Waals surface area contributed by atoms with Crippen LogP contribution >= 0.6 is 0 Å². The van der Waals surface area contributed by atoms with Crippen LogP contribution in [0.4, 0.5) is 4.79 Å². The van der Waals surface area contributed by atoms with Crippen LogP contribution in [-0.2, 0) is 10.3 Å². The highest BCUT2D eigenvalue weighted by Crippen LogP contribution is 2.49. The second kappa shape index (κ2) is 3.98. The van der Waals surface area contributed by atoms with Crippen molar-refractivity contribution in [2.75, 3.05) is 0 Å². The topological polar surface area (TPSA) is 67.4 Å². The number of urea groups is 1. The van der Waals surface area contributed by atoms with E-state index in [0.717, 1.165) is 31.2 Å². The van der Waals surface area contributed by atoms with Gasteiger partial charge < -0.3 is 10.1 Å². The van der Waals surface area contributed by atoms with E-state index in [1.54, 1.807) is 0 Å². The number of hydrogen-bond donors (Lipinski definition) is 2. The van der Waals surface area contributed by atoms with E-state index in [1.165, 1.54) is 0 Å². The van der Waals surface area contributed by atoms with Crippen molar-refractivity contribution < 1.29 is 14.3 Å². The Bertz CT molecular complexity index is 601. The van der Waals surface area contributed by atoms with Crippen LogP contribution in [0, 0.1) is 5.92 Å². The first-order valence-corrected chi connectivity index (χ1v) is 7.11. The van der Waals surface area contributed by atoms with E-state index in [1.807, 2.05) is 24.3 Å². The molecule has 2 N–H and O–H groups in total. The lowest BCUT2D eigenvalue weighted by Crippen LogP contribution is -2.58. The quantitative estimate of drug-likeness (QED) is 0.706. The van der Waals surface area contributed by atoms with Gasteiger partial charge in [-0.1, -0.05) is 24.6 Å². The molecule has 3 amide bonds. The van der Waals surface area contributed by atoms with Gasteiger partial charge in [-0.05, 0) is 25.3 Å². The van der Waals surface area contributed by atoms with Gasteiger partial charge in [0.05, 0.1) is 0 Å². The number of fused-ring (bicyclic) bond motifs is 4. The van der Waals surface area contributed by atoms with Crippen LogP contribution < -0.4 is 15.4 Å². The molecule has 104 valence electrons. The second-order valence-electron chi connectivity index (χ2n) is 5.76. The van der Waals surface area contributed by atoms with Gasteiger partial charge in [0.2, 0.25) is 0 Å². The molecule has 1 aromatic rings. The zero-order chi connectivity index (χ0) is 13.7. The summed E-state index contributed by atoms with van der Waals surface area (Å²) in [6.07, 6.45) is 4.01. The summed E-state index contributed by atoms with van der Waals surface area (Å²) in [6, 6.07) is 7.12. The average Bonchev–Trinajstić information content (AvgIpc) is 2.75. The van der Waals surface area contributed by atoms with Gasteiger partial charge in [0.1, 0.15) is 11.9 Å². The molecule has 3 atom stereocenters. The third-order valence-electron chi connectivity index (χ3n) is 4.74. The molecule has 3 aliphatic rings. The first kappa shape index (κ1) is 11.8. The molecule has 5 heteroatoms. The standard InChI is InChI=1S/C15H16N2O3/c18-13-15(17-14(19)16-13)9-5-1-3-7-11(9)20-12-8-4-2-6-10(12)15/h1,3,5,7,10,12H,2,4,6,8H2,(H2,16,17,18,19). The predicted octanol–water partition coefficient (Wildman–Crippen LogP) is 1.67. The minimum atomic E-state index is -0.947. The first-order valence-electron chi connectivity index (χ1n) is 7.11. The third-order valence-corrected chi connectivity index (χ3v) is 4.74. The van der Waals surface area contributed by atoms with Gasteiger partial charge in [-0.3, -0.25) is 10.1 Å². The molecule has 0 radical (unpaired) electrons. The van der Waals surface area contributed by atoms with Crippen molar-refractivity contribution in [1.29, 1.82) is 0 Å². The van der Waals surface area contributed by atoms with E-state index in [2.05, 4.69) is 10.6 Å². The molecule has 2 aliphatic heterocycles. The number of rotatable bonds is 0. The lowest BCUT2D eigenvalue weighted by atomic mass is 9.67. The normalized spacial score (nSPS) is 34.8. The van der Waals surface area contributed by atoms with Crippen molar-refractivity contribution >= 4 is 11.9 Å². The van der Waals surface area contributed by atoms with Crippen LogP contribution in [0.3, 0.4) is 0 Å². The Morgan fingerprint density at radius 1 is 1.15 bits per heavy atom. The number of imide groups is 1. The number of para-hydroxylation sites is 1. The highest BCUT2D eigenvalue weighted by molar-refractivity contribution is 6.08. The molecule has 4 rings (SSSR count). The molecular formula is C15H16N2O3. The van der Waals surface area contributed by atoms with Crippen molar-refractivity contribution in [2.24, 2.45) is 5.92 Å². The Hall–Kier alpha value is -2.04. The molecular weight excluding hydrogens is 256 g/mol. The van der Waals surface area contributed by atoms with Gasteiger partial charge in [0.15, 0.2) is 5.54 Å². The van der Waals surface area contributed by atoms with Gasteiger partial charge in [-0.15, -0.1) is 0 Å². The maximum absolute atomic E-state index is 12.5. The number of amides is 3. The maximum Gasteiger partial charge on any atom is 0.322 e. The number of carbonyl (C=O) groups is 2. The minimum Gasteiger partial charge on any atom is -0.490 e. The van der Waals surface area contributed by atoms with Crippen LogP contribution in [0.25, 0.3) is 0 Å². The van der Waals surface area contributed by atoms with Crippen molar-refractivity contribution in [1.82, 2.24) is 10.6 Å². The van der Waals surface area contributed by atoms with Gasteiger partial charge in [0, 0.05) is 11.5 Å². The molecule has 2 fully saturated rings. The molecule has 2 heterocycles. The highest BCUT2D eigenvalue weighted by atomic mass is 16.5. The fourth-order valence-electron chi connectivity index (χ4n) is 3.91. The van der Waals surface area contributed by atoms with E-state index >= 15 is 0 Å². The lowest BCUT2D eigenvalue weighted by molar-refractivity contribution is -0.130. The van der Waals surface area contributed by atoms with E-state index in [-0.39, 0.29) is 17.9 Å². The fraction of sp³-hybridized carbons (Fsp3) is 0.467. The molecule has 3 unspecified atom stereocenters. The zero-order valence-corrected chi connectivity index (χ0v) is 11.0. The second-order valence-corrected chi connectivity index (χ2v) is 5.76. The molecule has 0 bridgehead atoms. The van der Waals surface area contributed by atoms with E-state index < -0.39 is 11.6 Å². The predicted molar refractivity (Wildman–Crippen MR) is 71.2 cm³/mol. The monoisotopic (exact) mass is 272 g/mol. The highest BCUT2D eigenvalue weighted by Gasteiger charge is 2.59. The molecule has 1 saturated heterocycles. The average molecular weight is 272 g/mol. The number of ether oxygens (including phenoxy) is 1. The summed E-state index contributed by atoms with van der Waals surface area (Å²) < 4.78 is 6.07. The van der Waals surface area contributed by atoms with Gasteiger partial charge in [-0.2, -0.15) is 0 Å². The minimum absolute atomic E-state index is 0.00259. The SMILES string of the molecule is O=C1NC(=O)C2(N1)c1ccccc1OC1CCCCC12. The van der Waals surface area contributed by atoms with Gasteiger partial charge >= 0.3 is 6.03 Å². The summed E-state index contributed by atoms with van der Waals surface area (Å²) in [4.78, 5) is 24.3. The Labute approximate surface area is 116 Å². The van der Waals surface area contributed by atoms with Crippen molar-refractivity contribution in [3.05, 3.63) is 29.8 Å². The number of nitrogens with one attached hydrogen (secondary N) is 2. The summed E-state index contributed by atoms with van der Waals surface area (Å²) in [5.41, 5.74) is -0.164. The molecule has 0 aromatic heterocycles. The van der Waals surface area contributed by atoms with Gasteiger partial charge in [-0.25, -0.2) is 4.79 Å². The lowest BCUT2D eigenvalue weighted by Gasteiger charge is -2.46. The van der Waals surface area contributed by atoms with Crippen molar-refractivity contribution in [3.63, 3.8) is 0 Å². The van der Waals surface area contributed by atoms with Gasteiger partial charge in [0.25, 0.3) is 5.91 Å². The van der Waals surface area contributed by atoms with Crippen LogP contribution in [0.15, 0.2) is 24.3 Å². The molecule has 1 aliphatic carbocycles. The Kier molecular flexibility index (Phi) is 2.34. The van der Waals surface area contributed by atoms with Crippen LogP contribution in [-0.4, -0.2) is 18.0 Å². The van der Waals surface area contributed by atoms with Crippen molar-refractivity contribution in [2.45, 2.75) is 37.3 Å². The molecule has 1 aromatic carbocycles. The third kappa shape index (κ3) is 1.38. The number of benzene rings is 1. The Morgan fingerprint density at radius 2 is 1.95 bits per heavy atom. The summed E-state index contributed by atoms with van der Waals surface area (Å²) >= 11 is 0. The molecule has 20 heavy (non-hydrogen) atoms. The van der Waals surface area contributed by atoms with Crippen molar-refractivity contribution in [3.8, 4) is 5.75 Å². The summed E-state index contributed by atoms with van der Waals surface area (Å²) in [6.45, 7) is 0. The first-order chi connectivity index (χ1) is 9.72. The maximum atomic E-state index is 12.5. The largest absolute Gasteiger partial charge is 0.490 e. The summed E-state index contributed by atoms with van der Waals surface area (Å²) in [7, 11) is 0. The van der Waals surface area contributed by atoms with E-state index in [0.29, 0.717) is 5.75 Å². The molecule has 1 saturated carbocycles. The summed E-state index contributed by atoms with van der Waals surface area (Å²) in [5.74, 6) is 0.487. The Morgan fingerprint density at radius 3 is 2.75 bits per heavy atom. The fourth-order valence-corrected chi connectivity index (χ4v) is 3.91. The van der Waals surface area contributed by atoms with E-state index in [4.69, 9.17) is 4.74 Å². The van der Waals surface area contributed by atoms with E-state index in [9.17, 15) is 9.59 Å². The number of hydrogen-bond acceptors (Lipinski definition) is 3. The van der Waals surface area contributed by atoms with Crippen LogP contribution in [0.2, 0.25) is 0 Å². The van der Waals surface area contributed by atoms with Crippen LogP contribution in [0.1, 0.15) is 31.2 Å². The molecule has 5 nitrogen and oxygen atoms in total. The number of carbonyl (C=O) groups excluding carboxylic acids is 2. The Balaban J connectivity index is 1.93.